The molecule has 0 unspecified atom stereocenters. The van der Waals surface area contributed by atoms with E-state index in [1.165, 1.54) is 25.3 Å². The lowest BCUT2D eigenvalue weighted by Crippen LogP contribution is -2.18. The number of rotatable bonds is 7. The van der Waals surface area contributed by atoms with E-state index in [1.54, 1.807) is 0 Å². The van der Waals surface area contributed by atoms with Gasteiger partial charge in [0.05, 0.1) is 18.6 Å². The van der Waals surface area contributed by atoms with Gasteiger partial charge in [-0.1, -0.05) is 13.8 Å². The molecule has 0 aliphatic rings. The van der Waals surface area contributed by atoms with Crippen LogP contribution in [0, 0.1) is 5.92 Å². The van der Waals surface area contributed by atoms with Crippen LogP contribution in [0.15, 0.2) is 18.2 Å². The minimum atomic E-state index is -3.44. The SMILES string of the molecule is COc1cc(NS(=O)(=O)CCC(C)C)ccc1C(=O)O. The fraction of sp³-hybridized carbons (Fsp3) is 0.462. The van der Waals surface area contributed by atoms with Crippen molar-refractivity contribution in [3.63, 3.8) is 0 Å². The molecule has 0 aromatic heterocycles. The van der Waals surface area contributed by atoms with Crippen molar-refractivity contribution in [3.05, 3.63) is 23.8 Å². The lowest BCUT2D eigenvalue weighted by molar-refractivity contribution is 0.0693. The van der Waals surface area contributed by atoms with Crippen LogP contribution in [0.4, 0.5) is 5.69 Å². The van der Waals surface area contributed by atoms with Gasteiger partial charge in [0.1, 0.15) is 11.3 Å². The Labute approximate surface area is 118 Å². The molecule has 112 valence electrons. The topological polar surface area (TPSA) is 92.7 Å². The van der Waals surface area contributed by atoms with Gasteiger partial charge in [-0.15, -0.1) is 0 Å². The standard InChI is InChI=1S/C13H19NO5S/c1-9(2)6-7-20(17,18)14-10-4-5-11(13(15)16)12(8-10)19-3/h4-5,8-9,14H,6-7H2,1-3H3,(H,15,16). The zero-order valence-electron chi connectivity index (χ0n) is 11.7. The molecule has 0 atom stereocenters. The van der Waals surface area contributed by atoms with Crippen molar-refractivity contribution in [1.82, 2.24) is 0 Å². The summed E-state index contributed by atoms with van der Waals surface area (Å²) in [5.74, 6) is -0.707. The van der Waals surface area contributed by atoms with Gasteiger partial charge >= 0.3 is 5.97 Å². The Hall–Kier alpha value is -1.76. The van der Waals surface area contributed by atoms with Crippen molar-refractivity contribution >= 4 is 21.7 Å². The van der Waals surface area contributed by atoms with E-state index >= 15 is 0 Å². The highest BCUT2D eigenvalue weighted by atomic mass is 32.2. The molecule has 7 heteroatoms. The smallest absolute Gasteiger partial charge is 0.339 e. The summed E-state index contributed by atoms with van der Waals surface area (Å²) in [5.41, 5.74) is 0.272. The number of aromatic carboxylic acids is 1. The number of hydrogen-bond acceptors (Lipinski definition) is 4. The molecule has 1 aromatic carbocycles. The van der Waals surface area contributed by atoms with Gasteiger partial charge in [-0.05, 0) is 24.5 Å². The van der Waals surface area contributed by atoms with E-state index < -0.39 is 16.0 Å². The van der Waals surface area contributed by atoms with Gasteiger partial charge < -0.3 is 9.84 Å². The summed E-state index contributed by atoms with van der Waals surface area (Å²) in [6, 6.07) is 4.07. The molecular formula is C13H19NO5S. The maximum atomic E-state index is 11.9. The van der Waals surface area contributed by atoms with Gasteiger partial charge in [0.15, 0.2) is 0 Å². The van der Waals surface area contributed by atoms with E-state index in [2.05, 4.69) is 4.72 Å². The van der Waals surface area contributed by atoms with E-state index in [0.717, 1.165) is 0 Å². The zero-order chi connectivity index (χ0) is 15.3. The third-order valence-electron chi connectivity index (χ3n) is 2.67. The highest BCUT2D eigenvalue weighted by molar-refractivity contribution is 7.92. The number of sulfonamides is 1. The first-order valence-electron chi connectivity index (χ1n) is 6.17. The van der Waals surface area contributed by atoms with Crippen LogP contribution < -0.4 is 9.46 Å². The Bertz CT molecular complexity index is 580. The predicted octanol–water partition coefficient (Wildman–Crippen LogP) is 2.18. The quantitative estimate of drug-likeness (QED) is 0.805. The zero-order valence-corrected chi connectivity index (χ0v) is 12.5. The van der Waals surface area contributed by atoms with E-state index in [9.17, 15) is 13.2 Å². The molecule has 0 heterocycles. The van der Waals surface area contributed by atoms with Gasteiger partial charge in [0.2, 0.25) is 10.0 Å². The number of carboxylic acid groups (broad SMARTS) is 1. The molecule has 0 amide bonds. The van der Waals surface area contributed by atoms with Crippen LogP contribution in [0.1, 0.15) is 30.6 Å². The second-order valence-corrected chi connectivity index (χ2v) is 6.67. The average molecular weight is 301 g/mol. The van der Waals surface area contributed by atoms with Gasteiger partial charge in [0.25, 0.3) is 0 Å². The normalized spacial score (nSPS) is 11.4. The van der Waals surface area contributed by atoms with Crippen LogP contribution in [0.5, 0.6) is 5.75 Å². The molecule has 1 aromatic rings. The Balaban J connectivity index is 2.91. The van der Waals surface area contributed by atoms with E-state index in [1.807, 2.05) is 13.8 Å². The average Bonchev–Trinajstić information content (AvgIpc) is 2.35. The van der Waals surface area contributed by atoms with Crippen molar-refractivity contribution in [1.29, 1.82) is 0 Å². The molecular weight excluding hydrogens is 282 g/mol. The maximum Gasteiger partial charge on any atom is 0.339 e. The summed E-state index contributed by atoms with van der Waals surface area (Å²) < 4.78 is 31.1. The van der Waals surface area contributed by atoms with Gasteiger partial charge in [-0.2, -0.15) is 0 Å². The largest absolute Gasteiger partial charge is 0.496 e. The van der Waals surface area contributed by atoms with Crippen LogP contribution in [0.2, 0.25) is 0 Å². The van der Waals surface area contributed by atoms with Crippen molar-refractivity contribution in [2.45, 2.75) is 20.3 Å². The second kappa shape index (κ2) is 6.60. The Kier molecular flexibility index (Phi) is 5.38. The monoisotopic (exact) mass is 301 g/mol. The minimum absolute atomic E-state index is 0.0161. The number of benzene rings is 1. The lowest BCUT2D eigenvalue weighted by atomic mass is 10.2. The van der Waals surface area contributed by atoms with Crippen LogP contribution in [0.3, 0.4) is 0 Å². The Morgan fingerprint density at radius 3 is 2.55 bits per heavy atom. The van der Waals surface area contributed by atoms with Gasteiger partial charge in [-0.3, -0.25) is 4.72 Å². The molecule has 0 saturated heterocycles. The predicted molar refractivity (Wildman–Crippen MR) is 76.8 cm³/mol. The van der Waals surface area contributed by atoms with Crippen molar-refractivity contribution < 1.29 is 23.1 Å². The Morgan fingerprint density at radius 1 is 1.40 bits per heavy atom. The molecule has 20 heavy (non-hydrogen) atoms. The fourth-order valence-corrected chi connectivity index (χ4v) is 2.92. The number of anilines is 1. The summed E-state index contributed by atoms with van der Waals surface area (Å²) in [5, 5.41) is 8.95. The van der Waals surface area contributed by atoms with Gasteiger partial charge in [0, 0.05) is 6.07 Å². The number of ether oxygens (including phenoxy) is 1. The van der Waals surface area contributed by atoms with Crippen LogP contribution in [0.25, 0.3) is 0 Å². The first-order chi connectivity index (χ1) is 9.25. The third-order valence-corrected chi connectivity index (χ3v) is 3.99. The Morgan fingerprint density at radius 2 is 2.05 bits per heavy atom. The third kappa shape index (κ3) is 4.73. The molecule has 0 fully saturated rings. The summed E-state index contributed by atoms with van der Waals surface area (Å²) in [7, 11) is -2.11. The van der Waals surface area contributed by atoms with E-state index in [4.69, 9.17) is 9.84 Å². The minimum Gasteiger partial charge on any atom is -0.496 e. The maximum absolute atomic E-state index is 11.9. The number of carboxylic acids is 1. The number of nitrogens with one attached hydrogen (secondary N) is 1. The number of methoxy groups -OCH3 is 1. The van der Waals surface area contributed by atoms with Crippen molar-refractivity contribution in [3.8, 4) is 5.75 Å². The van der Waals surface area contributed by atoms with Crippen molar-refractivity contribution in [2.24, 2.45) is 5.92 Å². The molecule has 0 aliphatic carbocycles. The van der Waals surface area contributed by atoms with Crippen molar-refractivity contribution in [2.75, 3.05) is 17.6 Å². The second-order valence-electron chi connectivity index (χ2n) is 4.82. The molecule has 0 spiro atoms. The fourth-order valence-electron chi connectivity index (χ4n) is 1.55. The number of hydrogen-bond donors (Lipinski definition) is 2. The lowest BCUT2D eigenvalue weighted by Gasteiger charge is -2.11. The summed E-state index contributed by atoms with van der Waals surface area (Å²) >= 11 is 0. The molecule has 0 bridgehead atoms. The van der Waals surface area contributed by atoms with E-state index in [0.29, 0.717) is 6.42 Å². The molecule has 0 aliphatic heterocycles. The highest BCUT2D eigenvalue weighted by Gasteiger charge is 2.15. The number of carbonyl (C=O) groups is 1. The van der Waals surface area contributed by atoms with Gasteiger partial charge in [-0.25, -0.2) is 13.2 Å². The summed E-state index contributed by atoms with van der Waals surface area (Å²) in [6.45, 7) is 3.89. The highest BCUT2D eigenvalue weighted by Crippen LogP contribution is 2.24. The van der Waals surface area contributed by atoms with E-state index in [-0.39, 0.29) is 28.7 Å². The molecule has 1 rings (SSSR count). The molecule has 0 saturated carbocycles. The summed E-state index contributed by atoms with van der Waals surface area (Å²) in [4.78, 5) is 10.9. The molecule has 0 radical (unpaired) electrons. The molecule has 2 N–H and O–H groups in total. The van der Waals surface area contributed by atoms with Crippen LogP contribution >= 0.6 is 0 Å². The first kappa shape index (κ1) is 16.3. The van der Waals surface area contributed by atoms with Crippen LogP contribution in [-0.4, -0.2) is 32.4 Å². The first-order valence-corrected chi connectivity index (χ1v) is 7.82. The summed E-state index contributed by atoms with van der Waals surface area (Å²) in [6.07, 6.45) is 0.555. The molecule has 6 nitrogen and oxygen atoms in total. The van der Waals surface area contributed by atoms with Crippen LogP contribution in [-0.2, 0) is 10.0 Å².